The Bertz CT molecular complexity index is 1550. The van der Waals surface area contributed by atoms with Crippen LogP contribution in [0.15, 0.2) is 42.7 Å². The van der Waals surface area contributed by atoms with Crippen molar-refractivity contribution in [3.8, 4) is 29.0 Å². The summed E-state index contributed by atoms with van der Waals surface area (Å²) in [6.45, 7) is 5.24. The molecule has 0 bridgehead atoms. The number of ether oxygens (including phenoxy) is 2. The normalized spacial score (nSPS) is 18.0. The van der Waals surface area contributed by atoms with E-state index in [9.17, 15) is 23.9 Å². The number of likely N-dealkylation sites (N-methyl/N-ethyl adjacent to an activating group) is 1. The second-order valence-electron chi connectivity index (χ2n) is 11.2. The van der Waals surface area contributed by atoms with Crippen LogP contribution < -0.4 is 19.7 Å². The first-order chi connectivity index (χ1) is 21.7. The molecule has 0 radical (unpaired) electrons. The Hall–Kier alpha value is -4.32. The number of carbonyl (C=O) groups excluding carboxylic acids is 1. The van der Waals surface area contributed by atoms with Crippen LogP contribution in [-0.4, -0.2) is 107 Å². The van der Waals surface area contributed by atoms with Crippen molar-refractivity contribution in [3.05, 3.63) is 48.3 Å². The molecule has 2 saturated heterocycles. The van der Waals surface area contributed by atoms with Crippen molar-refractivity contribution in [2.24, 2.45) is 0 Å². The van der Waals surface area contributed by atoms with Crippen molar-refractivity contribution < 1.29 is 28.2 Å². The zero-order chi connectivity index (χ0) is 32.1. The van der Waals surface area contributed by atoms with Gasteiger partial charge in [0.05, 0.1) is 18.4 Å². The van der Waals surface area contributed by atoms with E-state index in [0.29, 0.717) is 59.0 Å². The average molecular weight is 659 g/mol. The number of aliphatic hydroxyl groups excluding tert-OH is 1. The first-order valence-electron chi connectivity index (χ1n) is 14.7. The molecule has 1 aromatic carbocycles. The lowest BCUT2D eigenvalue weighted by Gasteiger charge is -2.39. The Kier molecular flexibility index (Phi) is 11.5. The van der Waals surface area contributed by atoms with Gasteiger partial charge in [-0.3, -0.25) is 4.79 Å². The van der Waals surface area contributed by atoms with E-state index >= 15 is 0 Å². The summed E-state index contributed by atoms with van der Waals surface area (Å²) in [7, 11) is 3.72. The number of aromatic nitrogens is 3. The zero-order valence-electron chi connectivity index (χ0n) is 25.8. The first kappa shape index (κ1) is 34.6. The molecule has 2 aromatic heterocycles. The smallest absolute Gasteiger partial charge is 0.273 e. The number of methoxy groups -OCH3 is 1. The molecule has 0 spiro atoms. The lowest BCUT2D eigenvalue weighted by Crippen LogP contribution is -2.50. The number of nitrogens with zero attached hydrogens (tertiary/aromatic N) is 7. The minimum atomic E-state index is -3.13. The number of carbonyl (C=O) groups is 1. The number of piperidine rings is 1. The average Bonchev–Trinajstić information content (AvgIpc) is 3.06. The van der Waals surface area contributed by atoms with Crippen molar-refractivity contribution in [1.29, 1.82) is 5.26 Å². The number of hydrogen-bond acceptors (Lipinski definition) is 11. The highest BCUT2D eigenvalue weighted by molar-refractivity contribution is 5.85. The van der Waals surface area contributed by atoms with Gasteiger partial charge in [-0.05, 0) is 44.3 Å². The Morgan fingerprint density at radius 3 is 2.54 bits per heavy atom. The highest BCUT2D eigenvalue weighted by atomic mass is 35.5. The number of benzene rings is 1. The van der Waals surface area contributed by atoms with Gasteiger partial charge in [-0.2, -0.15) is 10.2 Å². The van der Waals surface area contributed by atoms with E-state index in [2.05, 4.69) is 50.1 Å². The maximum absolute atomic E-state index is 12.7. The van der Waals surface area contributed by atoms with Gasteiger partial charge in [-0.25, -0.2) is 18.7 Å². The molecule has 46 heavy (non-hydrogen) atoms. The third-order valence-electron chi connectivity index (χ3n) is 8.19. The van der Waals surface area contributed by atoms with Crippen LogP contribution >= 0.6 is 12.4 Å². The monoisotopic (exact) mass is 658 g/mol. The van der Waals surface area contributed by atoms with Gasteiger partial charge in [0.1, 0.15) is 41.6 Å². The topological polar surface area (TPSA) is 140 Å². The molecule has 3 aromatic rings. The maximum Gasteiger partial charge on any atom is 0.273 e. The van der Waals surface area contributed by atoms with Crippen molar-refractivity contribution in [2.45, 2.75) is 44.4 Å². The second kappa shape index (κ2) is 15.3. The molecule has 5 rings (SSSR count). The van der Waals surface area contributed by atoms with Gasteiger partial charge in [0, 0.05) is 63.2 Å². The molecule has 2 N–H and O–H groups in total. The minimum Gasteiger partial charge on any atom is -0.489 e. The van der Waals surface area contributed by atoms with Gasteiger partial charge in [0.25, 0.3) is 12.3 Å². The Morgan fingerprint density at radius 1 is 1.11 bits per heavy atom. The molecule has 2 aliphatic heterocycles. The number of amides is 1. The van der Waals surface area contributed by atoms with E-state index in [0.717, 1.165) is 25.3 Å². The number of anilines is 3. The van der Waals surface area contributed by atoms with Crippen LogP contribution in [0.4, 0.5) is 26.1 Å². The second-order valence-corrected chi connectivity index (χ2v) is 11.2. The molecule has 2 fully saturated rings. The molecular weight excluding hydrogens is 622 g/mol. The van der Waals surface area contributed by atoms with E-state index in [4.69, 9.17) is 9.47 Å². The van der Waals surface area contributed by atoms with Crippen molar-refractivity contribution in [3.63, 3.8) is 0 Å². The summed E-state index contributed by atoms with van der Waals surface area (Å²) in [5.74, 6) is 0.963. The number of aliphatic hydroxyl groups is 1. The third-order valence-corrected chi connectivity index (χ3v) is 8.19. The van der Waals surface area contributed by atoms with Gasteiger partial charge in [-0.1, -0.05) is 0 Å². The lowest BCUT2D eigenvalue weighted by molar-refractivity contribution is -0.150. The summed E-state index contributed by atoms with van der Waals surface area (Å²) in [6, 6.07) is 13.3. The Labute approximate surface area is 272 Å². The summed E-state index contributed by atoms with van der Waals surface area (Å²) < 4.78 is 37.1. The van der Waals surface area contributed by atoms with E-state index < -0.39 is 18.4 Å². The van der Waals surface area contributed by atoms with E-state index in [1.165, 1.54) is 11.2 Å². The third kappa shape index (κ3) is 7.90. The standard InChI is InChI=1S/C31H36F2N8O4.ClH/c1-19-17-41(13-12-39(19)2)24-5-7-26(38-30(24)44-3)37-27-15-23(35-18-36-27)20-4-6-25(21(14-20)16-34)45-22-8-10-40(11-9-22)31(43)28(42)29(32)33;/h4-7,14-15,18-19,22,28-29,42H,8-13,17H2,1-3H3,(H,35,36,37,38);1H/t19-,28+;/m1./s1. The number of pyridine rings is 1. The molecular formula is C31H37ClF2N8O4. The zero-order valence-corrected chi connectivity index (χ0v) is 26.6. The summed E-state index contributed by atoms with van der Waals surface area (Å²) in [5, 5.41) is 22.4. The summed E-state index contributed by atoms with van der Waals surface area (Å²) in [4.78, 5) is 31.2. The molecule has 12 nitrogen and oxygen atoms in total. The lowest BCUT2D eigenvalue weighted by atomic mass is 10.1. The summed E-state index contributed by atoms with van der Waals surface area (Å²) in [6.07, 6.45) is -3.60. The molecule has 0 aliphatic carbocycles. The molecule has 0 saturated carbocycles. The predicted octanol–water partition coefficient (Wildman–Crippen LogP) is 3.72. The summed E-state index contributed by atoms with van der Waals surface area (Å²) in [5.41, 5.74) is 2.49. The van der Waals surface area contributed by atoms with E-state index in [1.807, 2.05) is 12.1 Å². The largest absolute Gasteiger partial charge is 0.489 e. The molecule has 0 unspecified atom stereocenters. The van der Waals surface area contributed by atoms with Gasteiger partial charge in [-0.15, -0.1) is 12.4 Å². The minimum absolute atomic E-state index is 0. The van der Waals surface area contributed by atoms with E-state index in [-0.39, 0.29) is 31.6 Å². The van der Waals surface area contributed by atoms with Crippen molar-refractivity contribution >= 4 is 35.6 Å². The fraction of sp³-hybridized carbons (Fsp3) is 0.452. The van der Waals surface area contributed by atoms with Crippen LogP contribution in [0.1, 0.15) is 25.3 Å². The van der Waals surface area contributed by atoms with Crippen LogP contribution in [-0.2, 0) is 4.79 Å². The highest BCUT2D eigenvalue weighted by Crippen LogP contribution is 2.32. The Balaban J connectivity index is 0.00000480. The molecule has 15 heteroatoms. The predicted molar refractivity (Wildman–Crippen MR) is 170 cm³/mol. The number of alkyl halides is 2. The fourth-order valence-corrected chi connectivity index (χ4v) is 5.42. The molecule has 2 atom stereocenters. The van der Waals surface area contributed by atoms with Crippen LogP contribution in [0.3, 0.4) is 0 Å². The number of hydrogen-bond donors (Lipinski definition) is 2. The summed E-state index contributed by atoms with van der Waals surface area (Å²) >= 11 is 0. The first-order valence-corrected chi connectivity index (χ1v) is 14.7. The SMILES string of the molecule is COc1nc(Nc2cc(-c3ccc(OC4CCN(C(=O)[C@@H](O)C(F)F)CC4)c(C#N)c3)ncn2)ccc1N1CCN(C)[C@H](C)C1.Cl. The number of likely N-dealkylation sites (tertiary alicyclic amines) is 1. The van der Waals surface area contributed by atoms with Crippen molar-refractivity contribution in [1.82, 2.24) is 24.8 Å². The van der Waals surface area contributed by atoms with Gasteiger partial charge in [0.2, 0.25) is 5.88 Å². The molecule has 246 valence electrons. The van der Waals surface area contributed by atoms with Crippen LogP contribution in [0.2, 0.25) is 0 Å². The maximum atomic E-state index is 12.7. The quantitative estimate of drug-likeness (QED) is 0.348. The fourth-order valence-electron chi connectivity index (χ4n) is 5.42. The van der Waals surface area contributed by atoms with Gasteiger partial charge < -0.3 is 34.6 Å². The van der Waals surface area contributed by atoms with E-state index in [1.54, 1.807) is 31.4 Å². The number of halogens is 3. The molecule has 4 heterocycles. The number of nitrogens with one attached hydrogen (secondary N) is 1. The van der Waals surface area contributed by atoms with Crippen LogP contribution in [0.25, 0.3) is 11.3 Å². The van der Waals surface area contributed by atoms with Gasteiger partial charge in [0.15, 0.2) is 6.10 Å². The van der Waals surface area contributed by atoms with Crippen molar-refractivity contribution in [2.75, 3.05) is 57.1 Å². The Morgan fingerprint density at radius 2 is 1.87 bits per heavy atom. The number of piperazine rings is 1. The number of nitriles is 1. The van der Waals surface area contributed by atoms with Gasteiger partial charge >= 0.3 is 0 Å². The highest BCUT2D eigenvalue weighted by Gasteiger charge is 2.33. The molecule has 2 aliphatic rings. The number of rotatable bonds is 9. The van der Waals surface area contributed by atoms with Crippen LogP contribution in [0.5, 0.6) is 11.6 Å². The van der Waals surface area contributed by atoms with Crippen LogP contribution in [0, 0.1) is 11.3 Å². The molecule has 1 amide bonds.